The Bertz CT molecular complexity index is 355. The second kappa shape index (κ2) is 9.89. The Balaban J connectivity index is 4.61. The Morgan fingerprint density at radius 3 is 1.75 bits per heavy atom. The summed E-state index contributed by atoms with van der Waals surface area (Å²) in [6.45, 7) is 1.67. The molecule has 0 heterocycles. The van der Waals surface area contributed by atoms with Crippen molar-refractivity contribution in [3.8, 4) is 0 Å². The number of carbonyl (C=O) groups excluding carboxylic acids is 3. The molecule has 20 heavy (non-hydrogen) atoms. The van der Waals surface area contributed by atoms with Crippen LogP contribution in [0.5, 0.6) is 0 Å². The molecule has 0 bridgehead atoms. The van der Waals surface area contributed by atoms with Gasteiger partial charge in [0.25, 0.3) is 0 Å². The smallest absolute Gasteiger partial charge is 0.244 e. The third-order valence-electron chi connectivity index (χ3n) is 2.70. The number of rotatable bonds is 8. The van der Waals surface area contributed by atoms with Crippen molar-refractivity contribution in [3.05, 3.63) is 0 Å². The van der Waals surface area contributed by atoms with Crippen LogP contribution in [-0.2, 0) is 14.4 Å². The number of thiol groups is 2. The predicted octanol–water partition coefficient (Wildman–Crippen LogP) is -1.83. The number of hydrogen-bond acceptors (Lipinski definition) is 6. The molecule has 0 radical (unpaired) electrons. The van der Waals surface area contributed by atoms with Crippen molar-refractivity contribution in [2.24, 2.45) is 0 Å². The number of nitrogens with one attached hydrogen (secondary N) is 4. The lowest BCUT2D eigenvalue weighted by atomic mass is 10.2. The Hall–Kier alpha value is -0.930. The van der Waals surface area contributed by atoms with Crippen LogP contribution in [0.1, 0.15) is 6.92 Å². The highest BCUT2D eigenvalue weighted by atomic mass is 32.1. The van der Waals surface area contributed by atoms with Crippen LogP contribution in [0.3, 0.4) is 0 Å². The quantitative estimate of drug-likeness (QED) is 0.296. The van der Waals surface area contributed by atoms with Crippen molar-refractivity contribution in [1.82, 2.24) is 21.3 Å². The summed E-state index contributed by atoms with van der Waals surface area (Å²) in [6.07, 6.45) is 0. The summed E-state index contributed by atoms with van der Waals surface area (Å²) in [4.78, 5) is 35.2. The van der Waals surface area contributed by atoms with E-state index in [4.69, 9.17) is 0 Å². The molecule has 4 N–H and O–H groups in total. The first-order valence-corrected chi connectivity index (χ1v) is 7.39. The minimum Gasteiger partial charge on any atom is -0.357 e. The van der Waals surface area contributed by atoms with Gasteiger partial charge in [-0.05, 0) is 14.0 Å². The predicted molar refractivity (Wildman–Crippen MR) is 84.2 cm³/mol. The molecule has 0 aromatic rings. The number of carbonyl (C=O) groups is 3. The molecule has 0 rings (SSSR count). The van der Waals surface area contributed by atoms with Crippen LogP contribution >= 0.6 is 25.3 Å². The molecule has 0 unspecified atom stereocenters. The molecule has 0 aromatic heterocycles. The van der Waals surface area contributed by atoms with E-state index in [9.17, 15) is 14.4 Å². The van der Waals surface area contributed by atoms with Crippen molar-refractivity contribution in [2.75, 3.05) is 25.6 Å². The van der Waals surface area contributed by atoms with Crippen molar-refractivity contribution < 1.29 is 14.4 Å². The molecular formula is C11H22N4O3S2. The summed E-state index contributed by atoms with van der Waals surface area (Å²) >= 11 is 8.04. The standard InChI is InChI=1S/C11H22N4O3S2/c1-6(12-2)9(16)14-8(5-20)11(18)15-7(4-19)10(17)13-3/h6-8,12,19-20H,4-5H2,1-3H3,(H,13,17)(H,14,16)(H,15,18)/t6-,7-,8-/m1/s1. The molecule has 0 aromatic carbocycles. The van der Waals surface area contributed by atoms with Crippen molar-refractivity contribution in [1.29, 1.82) is 0 Å². The van der Waals surface area contributed by atoms with E-state index < -0.39 is 24.0 Å². The number of amides is 3. The first-order chi connectivity index (χ1) is 9.40. The van der Waals surface area contributed by atoms with Gasteiger partial charge in [-0.2, -0.15) is 25.3 Å². The highest BCUT2D eigenvalue weighted by Gasteiger charge is 2.25. The van der Waals surface area contributed by atoms with Gasteiger partial charge in [0.2, 0.25) is 17.7 Å². The second-order valence-corrected chi connectivity index (χ2v) is 4.84. The van der Waals surface area contributed by atoms with Gasteiger partial charge in [-0.15, -0.1) is 0 Å². The Morgan fingerprint density at radius 1 is 0.900 bits per heavy atom. The maximum absolute atomic E-state index is 12.0. The maximum atomic E-state index is 12.0. The van der Waals surface area contributed by atoms with Gasteiger partial charge in [-0.1, -0.05) is 0 Å². The zero-order valence-electron chi connectivity index (χ0n) is 11.8. The van der Waals surface area contributed by atoms with Gasteiger partial charge in [0.1, 0.15) is 12.1 Å². The van der Waals surface area contributed by atoms with E-state index >= 15 is 0 Å². The lowest BCUT2D eigenvalue weighted by Gasteiger charge is -2.21. The summed E-state index contributed by atoms with van der Waals surface area (Å²) in [5.41, 5.74) is 0. The van der Waals surface area contributed by atoms with Crippen LogP contribution in [0.2, 0.25) is 0 Å². The molecule has 116 valence electrons. The zero-order chi connectivity index (χ0) is 15.7. The van der Waals surface area contributed by atoms with Gasteiger partial charge in [0, 0.05) is 18.6 Å². The molecule has 3 amide bonds. The third kappa shape index (κ3) is 6.02. The molecule has 0 saturated carbocycles. The fourth-order valence-corrected chi connectivity index (χ4v) is 1.78. The summed E-state index contributed by atoms with van der Waals surface area (Å²) in [5.74, 6) is -0.850. The fourth-order valence-electron chi connectivity index (χ4n) is 1.26. The van der Waals surface area contributed by atoms with Crippen LogP contribution in [-0.4, -0.2) is 61.4 Å². The average molecular weight is 322 g/mol. The summed E-state index contributed by atoms with van der Waals surface area (Å²) in [5, 5.41) is 10.3. The molecule has 0 aliphatic rings. The van der Waals surface area contributed by atoms with Crippen molar-refractivity contribution in [2.45, 2.75) is 25.0 Å². The molecule has 0 saturated heterocycles. The fraction of sp³-hybridized carbons (Fsp3) is 0.727. The number of hydrogen-bond donors (Lipinski definition) is 6. The van der Waals surface area contributed by atoms with E-state index in [1.54, 1.807) is 14.0 Å². The monoisotopic (exact) mass is 322 g/mol. The van der Waals surface area contributed by atoms with E-state index in [1.165, 1.54) is 7.05 Å². The molecule has 0 aliphatic heterocycles. The topological polar surface area (TPSA) is 99.3 Å². The van der Waals surface area contributed by atoms with Crippen molar-refractivity contribution in [3.63, 3.8) is 0 Å². The van der Waals surface area contributed by atoms with Crippen LogP contribution in [0.25, 0.3) is 0 Å². The van der Waals surface area contributed by atoms with Crippen LogP contribution in [0.15, 0.2) is 0 Å². The first-order valence-electron chi connectivity index (χ1n) is 6.12. The van der Waals surface area contributed by atoms with Gasteiger partial charge >= 0.3 is 0 Å². The molecule has 0 fully saturated rings. The van der Waals surface area contributed by atoms with Gasteiger partial charge in [-0.3, -0.25) is 14.4 Å². The number of likely N-dealkylation sites (N-methyl/N-ethyl adjacent to an activating group) is 2. The second-order valence-electron chi connectivity index (χ2n) is 4.11. The minimum absolute atomic E-state index is 0.126. The highest BCUT2D eigenvalue weighted by molar-refractivity contribution is 7.80. The van der Waals surface area contributed by atoms with E-state index in [2.05, 4.69) is 46.5 Å². The Morgan fingerprint density at radius 2 is 1.35 bits per heavy atom. The molecule has 3 atom stereocenters. The normalized spacial score (nSPS) is 14.8. The van der Waals surface area contributed by atoms with Gasteiger partial charge in [0.15, 0.2) is 0 Å². The minimum atomic E-state index is -0.811. The van der Waals surface area contributed by atoms with E-state index in [-0.39, 0.29) is 23.3 Å². The Labute approximate surface area is 129 Å². The average Bonchev–Trinajstić information content (AvgIpc) is 2.47. The molecule has 0 spiro atoms. The van der Waals surface area contributed by atoms with Crippen LogP contribution in [0, 0.1) is 0 Å². The van der Waals surface area contributed by atoms with Gasteiger partial charge in [0.05, 0.1) is 6.04 Å². The maximum Gasteiger partial charge on any atom is 0.244 e. The largest absolute Gasteiger partial charge is 0.357 e. The molecule has 7 nitrogen and oxygen atoms in total. The third-order valence-corrected chi connectivity index (χ3v) is 3.43. The Kier molecular flexibility index (Phi) is 9.43. The molecule has 0 aliphatic carbocycles. The molecule has 9 heteroatoms. The van der Waals surface area contributed by atoms with E-state index in [1.807, 2.05) is 0 Å². The SMILES string of the molecule is CNC(=O)[C@@H](CS)NC(=O)[C@@H](CS)NC(=O)[C@@H](C)NC. The summed E-state index contributed by atoms with van der Waals surface area (Å²) < 4.78 is 0. The highest BCUT2D eigenvalue weighted by Crippen LogP contribution is 1.95. The summed E-state index contributed by atoms with van der Waals surface area (Å²) in [7, 11) is 3.11. The lowest BCUT2D eigenvalue weighted by Crippen LogP contribution is -2.56. The van der Waals surface area contributed by atoms with E-state index in [0.29, 0.717) is 0 Å². The molecular weight excluding hydrogens is 300 g/mol. The lowest BCUT2D eigenvalue weighted by molar-refractivity contribution is -0.131. The van der Waals surface area contributed by atoms with Crippen LogP contribution in [0.4, 0.5) is 0 Å². The van der Waals surface area contributed by atoms with Crippen molar-refractivity contribution >= 4 is 43.0 Å². The first kappa shape index (κ1) is 19.1. The zero-order valence-corrected chi connectivity index (χ0v) is 13.6. The summed E-state index contributed by atoms with van der Waals surface area (Å²) in [6, 6.07) is -1.99. The van der Waals surface area contributed by atoms with Gasteiger partial charge < -0.3 is 21.3 Å². The van der Waals surface area contributed by atoms with Crippen LogP contribution < -0.4 is 21.3 Å². The van der Waals surface area contributed by atoms with Gasteiger partial charge in [-0.25, -0.2) is 0 Å². The van der Waals surface area contributed by atoms with E-state index in [0.717, 1.165) is 0 Å².